The highest BCUT2D eigenvalue weighted by molar-refractivity contribution is 5.97. The molecule has 1 atom stereocenters. The molecule has 0 aliphatic carbocycles. The van der Waals surface area contributed by atoms with Crippen LogP contribution in [0.1, 0.15) is 36.7 Å². The van der Waals surface area contributed by atoms with Crippen molar-refractivity contribution in [1.29, 1.82) is 0 Å². The van der Waals surface area contributed by atoms with Crippen LogP contribution in [0.3, 0.4) is 0 Å². The molecule has 1 unspecified atom stereocenters. The van der Waals surface area contributed by atoms with E-state index >= 15 is 0 Å². The van der Waals surface area contributed by atoms with Gasteiger partial charge in [-0.1, -0.05) is 24.3 Å². The van der Waals surface area contributed by atoms with Crippen LogP contribution in [0.5, 0.6) is 11.5 Å². The van der Waals surface area contributed by atoms with E-state index in [4.69, 9.17) is 9.47 Å². The van der Waals surface area contributed by atoms with Crippen molar-refractivity contribution in [2.45, 2.75) is 33.2 Å². The summed E-state index contributed by atoms with van der Waals surface area (Å²) in [5, 5.41) is 5.56. The van der Waals surface area contributed by atoms with E-state index in [0.29, 0.717) is 37.5 Å². The van der Waals surface area contributed by atoms with E-state index in [9.17, 15) is 9.59 Å². The predicted octanol–water partition coefficient (Wildman–Crippen LogP) is 2.96. The third-order valence-corrected chi connectivity index (χ3v) is 4.10. The first-order valence-corrected chi connectivity index (χ1v) is 9.57. The van der Waals surface area contributed by atoms with Gasteiger partial charge >= 0.3 is 0 Å². The minimum absolute atomic E-state index is 0.222. The molecule has 2 aromatic rings. The first-order valence-electron chi connectivity index (χ1n) is 9.57. The van der Waals surface area contributed by atoms with Gasteiger partial charge < -0.3 is 20.1 Å². The normalized spacial score (nSPS) is 11.4. The van der Waals surface area contributed by atoms with E-state index in [1.165, 1.54) is 0 Å². The van der Waals surface area contributed by atoms with Crippen LogP contribution in [0, 0.1) is 0 Å². The largest absolute Gasteiger partial charge is 0.490 e. The van der Waals surface area contributed by atoms with Gasteiger partial charge in [-0.15, -0.1) is 0 Å². The standard InChI is InChI=1S/C22H28N2O4/c1-4-27-19-12-11-17(15-20(19)28-5-2)13-14-23-21(25)16(3)24-22(26)18-9-7-6-8-10-18/h6-12,15-16H,4-5,13-14H2,1-3H3,(H,23,25)(H,24,26). The summed E-state index contributed by atoms with van der Waals surface area (Å²) in [6, 6.07) is 14.0. The van der Waals surface area contributed by atoms with Gasteiger partial charge in [0.05, 0.1) is 13.2 Å². The van der Waals surface area contributed by atoms with Gasteiger partial charge in [0.1, 0.15) is 6.04 Å². The summed E-state index contributed by atoms with van der Waals surface area (Å²) in [7, 11) is 0. The number of hydrogen-bond acceptors (Lipinski definition) is 4. The molecule has 0 aromatic heterocycles. The van der Waals surface area contributed by atoms with Gasteiger partial charge in [0.25, 0.3) is 5.91 Å². The van der Waals surface area contributed by atoms with Crippen LogP contribution in [-0.2, 0) is 11.2 Å². The zero-order chi connectivity index (χ0) is 20.4. The fourth-order valence-corrected chi connectivity index (χ4v) is 2.67. The molecule has 0 saturated heterocycles. The summed E-state index contributed by atoms with van der Waals surface area (Å²) < 4.78 is 11.2. The first kappa shape index (κ1) is 21.3. The summed E-state index contributed by atoms with van der Waals surface area (Å²) >= 11 is 0. The molecule has 0 radical (unpaired) electrons. The summed E-state index contributed by atoms with van der Waals surface area (Å²) in [5.74, 6) is 0.933. The van der Waals surface area contributed by atoms with Crippen molar-refractivity contribution in [3.05, 3.63) is 59.7 Å². The van der Waals surface area contributed by atoms with Crippen molar-refractivity contribution in [2.75, 3.05) is 19.8 Å². The van der Waals surface area contributed by atoms with Crippen LogP contribution in [-0.4, -0.2) is 37.6 Å². The molecule has 2 N–H and O–H groups in total. The Bertz CT molecular complexity index is 777. The highest BCUT2D eigenvalue weighted by Crippen LogP contribution is 2.28. The molecule has 0 bridgehead atoms. The number of amides is 2. The van der Waals surface area contributed by atoms with E-state index in [1.54, 1.807) is 31.2 Å². The lowest BCUT2D eigenvalue weighted by Crippen LogP contribution is -2.45. The third kappa shape index (κ3) is 6.30. The molecule has 0 saturated carbocycles. The monoisotopic (exact) mass is 384 g/mol. The Labute approximate surface area is 166 Å². The highest BCUT2D eigenvalue weighted by atomic mass is 16.5. The van der Waals surface area contributed by atoms with Crippen molar-refractivity contribution in [3.63, 3.8) is 0 Å². The molecular weight excluding hydrogens is 356 g/mol. The Balaban J connectivity index is 1.84. The average molecular weight is 384 g/mol. The van der Waals surface area contributed by atoms with Gasteiger partial charge in [-0.25, -0.2) is 0 Å². The molecule has 6 nitrogen and oxygen atoms in total. The maximum Gasteiger partial charge on any atom is 0.251 e. The van der Waals surface area contributed by atoms with Gasteiger partial charge in [-0.05, 0) is 57.0 Å². The Kier molecular flexibility index (Phi) is 8.34. The second-order valence-electron chi connectivity index (χ2n) is 6.25. The topological polar surface area (TPSA) is 76.7 Å². The van der Waals surface area contributed by atoms with E-state index in [1.807, 2.05) is 38.1 Å². The summed E-state index contributed by atoms with van der Waals surface area (Å²) in [5.41, 5.74) is 1.56. The number of ether oxygens (including phenoxy) is 2. The lowest BCUT2D eigenvalue weighted by atomic mass is 10.1. The van der Waals surface area contributed by atoms with Gasteiger partial charge in [0.15, 0.2) is 11.5 Å². The second kappa shape index (κ2) is 11.0. The molecule has 0 aliphatic rings. The predicted molar refractivity (Wildman–Crippen MR) is 109 cm³/mol. The minimum Gasteiger partial charge on any atom is -0.490 e. The number of nitrogens with one attached hydrogen (secondary N) is 2. The maximum absolute atomic E-state index is 12.2. The Morgan fingerprint density at radius 2 is 1.64 bits per heavy atom. The van der Waals surface area contributed by atoms with Crippen LogP contribution < -0.4 is 20.1 Å². The molecule has 2 rings (SSSR count). The number of carbonyl (C=O) groups excluding carboxylic acids is 2. The first-order chi connectivity index (χ1) is 13.5. The van der Waals surface area contributed by atoms with Crippen molar-refractivity contribution >= 4 is 11.8 Å². The zero-order valence-corrected chi connectivity index (χ0v) is 16.7. The fraction of sp³-hybridized carbons (Fsp3) is 0.364. The summed E-state index contributed by atoms with van der Waals surface area (Å²) in [4.78, 5) is 24.4. The van der Waals surface area contributed by atoms with Gasteiger partial charge in [-0.2, -0.15) is 0 Å². The quantitative estimate of drug-likeness (QED) is 0.660. The molecular formula is C22H28N2O4. The van der Waals surface area contributed by atoms with Crippen LogP contribution >= 0.6 is 0 Å². The van der Waals surface area contributed by atoms with Gasteiger partial charge in [-0.3, -0.25) is 9.59 Å². The molecule has 6 heteroatoms. The van der Waals surface area contributed by atoms with Crippen molar-refractivity contribution in [1.82, 2.24) is 10.6 Å². The molecule has 0 spiro atoms. The van der Waals surface area contributed by atoms with E-state index in [-0.39, 0.29) is 11.8 Å². The van der Waals surface area contributed by atoms with Crippen LogP contribution in [0.2, 0.25) is 0 Å². The fourth-order valence-electron chi connectivity index (χ4n) is 2.67. The maximum atomic E-state index is 12.2. The Hall–Kier alpha value is -3.02. The lowest BCUT2D eigenvalue weighted by molar-refractivity contribution is -0.122. The minimum atomic E-state index is -0.618. The molecule has 28 heavy (non-hydrogen) atoms. The molecule has 150 valence electrons. The van der Waals surface area contributed by atoms with Crippen molar-refractivity contribution in [3.8, 4) is 11.5 Å². The summed E-state index contributed by atoms with van der Waals surface area (Å²) in [6.45, 7) is 7.11. The van der Waals surface area contributed by atoms with Crippen molar-refractivity contribution in [2.24, 2.45) is 0 Å². The SMILES string of the molecule is CCOc1ccc(CCNC(=O)C(C)NC(=O)c2ccccc2)cc1OCC. The van der Waals surface area contributed by atoms with E-state index < -0.39 is 6.04 Å². The zero-order valence-electron chi connectivity index (χ0n) is 16.7. The molecule has 0 fully saturated rings. The van der Waals surface area contributed by atoms with Crippen LogP contribution in [0.15, 0.2) is 48.5 Å². The number of hydrogen-bond donors (Lipinski definition) is 2. The number of carbonyl (C=O) groups is 2. The third-order valence-electron chi connectivity index (χ3n) is 4.10. The summed E-state index contributed by atoms with van der Waals surface area (Å²) in [6.07, 6.45) is 0.650. The molecule has 2 aromatic carbocycles. The van der Waals surface area contributed by atoms with E-state index in [2.05, 4.69) is 10.6 Å². The second-order valence-corrected chi connectivity index (χ2v) is 6.25. The van der Waals surface area contributed by atoms with Gasteiger partial charge in [0.2, 0.25) is 5.91 Å². The lowest BCUT2D eigenvalue weighted by Gasteiger charge is -2.15. The van der Waals surface area contributed by atoms with Crippen LogP contribution in [0.25, 0.3) is 0 Å². The van der Waals surface area contributed by atoms with Crippen molar-refractivity contribution < 1.29 is 19.1 Å². The molecule has 0 heterocycles. The number of benzene rings is 2. The Morgan fingerprint density at radius 1 is 0.964 bits per heavy atom. The Morgan fingerprint density at radius 3 is 2.32 bits per heavy atom. The molecule has 2 amide bonds. The highest BCUT2D eigenvalue weighted by Gasteiger charge is 2.16. The smallest absolute Gasteiger partial charge is 0.251 e. The molecule has 0 aliphatic heterocycles. The van der Waals surface area contributed by atoms with Crippen LogP contribution in [0.4, 0.5) is 0 Å². The van der Waals surface area contributed by atoms with Gasteiger partial charge in [0, 0.05) is 12.1 Å². The van der Waals surface area contributed by atoms with E-state index in [0.717, 1.165) is 11.3 Å². The average Bonchev–Trinajstić information content (AvgIpc) is 2.70. The number of rotatable bonds is 10.